The maximum Gasteiger partial charge on any atom is 0.336 e. The van der Waals surface area contributed by atoms with Gasteiger partial charge in [-0.15, -0.1) is 0 Å². The summed E-state index contributed by atoms with van der Waals surface area (Å²) in [5.74, 6) is -0.238. The molecule has 2 aromatic rings. The van der Waals surface area contributed by atoms with Gasteiger partial charge in [-0.25, -0.2) is 4.79 Å². The van der Waals surface area contributed by atoms with Crippen molar-refractivity contribution in [2.24, 2.45) is 0 Å². The number of carbonyl (C=O) groups is 2. The van der Waals surface area contributed by atoms with E-state index in [1.54, 1.807) is 14.0 Å². The van der Waals surface area contributed by atoms with E-state index in [4.69, 9.17) is 9.47 Å². The Labute approximate surface area is 182 Å². The average molecular weight is 501 g/mol. The Morgan fingerprint density at radius 1 is 1.17 bits per heavy atom. The lowest BCUT2D eigenvalue weighted by molar-refractivity contribution is -0.138. The number of nitrogens with one attached hydrogen (secondary N) is 1. The van der Waals surface area contributed by atoms with Crippen LogP contribution >= 0.6 is 22.6 Å². The van der Waals surface area contributed by atoms with Gasteiger partial charge in [-0.1, -0.05) is 30.3 Å². The van der Waals surface area contributed by atoms with Crippen molar-refractivity contribution >= 4 is 40.0 Å². The molecule has 1 N–H and O–H groups in total. The van der Waals surface area contributed by atoms with Gasteiger partial charge in [0.15, 0.2) is 5.78 Å². The van der Waals surface area contributed by atoms with E-state index in [2.05, 4.69) is 27.9 Å². The molecule has 4 rings (SSSR count). The Kier molecular flexibility index (Phi) is 5.21. The summed E-state index contributed by atoms with van der Waals surface area (Å²) in [6.07, 6.45) is 0. The molecule has 0 saturated carbocycles. The van der Waals surface area contributed by atoms with Gasteiger partial charge < -0.3 is 14.8 Å². The van der Waals surface area contributed by atoms with Crippen LogP contribution in [0.15, 0.2) is 59.3 Å². The van der Waals surface area contributed by atoms with Crippen LogP contribution < -0.4 is 10.1 Å². The Hall–Kier alpha value is -2.61. The van der Waals surface area contributed by atoms with Gasteiger partial charge in [0.05, 0.1) is 28.6 Å². The second kappa shape index (κ2) is 7.67. The third kappa shape index (κ3) is 3.15. The Balaban J connectivity index is 1.93. The molecule has 148 valence electrons. The van der Waals surface area contributed by atoms with Crippen LogP contribution in [0.4, 0.5) is 0 Å². The van der Waals surface area contributed by atoms with E-state index >= 15 is 0 Å². The lowest BCUT2D eigenvalue weighted by Crippen LogP contribution is -2.29. The first-order chi connectivity index (χ1) is 14.0. The van der Waals surface area contributed by atoms with Gasteiger partial charge in [-0.05, 0) is 54.1 Å². The largest absolute Gasteiger partial charge is 0.496 e. The molecule has 1 aliphatic heterocycles. The summed E-state index contributed by atoms with van der Waals surface area (Å²) in [6, 6.07) is 13.3. The summed E-state index contributed by atoms with van der Waals surface area (Å²) in [4.78, 5) is 26.2. The fourth-order valence-corrected chi connectivity index (χ4v) is 4.76. The molecule has 2 aliphatic rings. The molecule has 0 radical (unpaired) electrons. The van der Waals surface area contributed by atoms with Crippen molar-refractivity contribution in [2.45, 2.75) is 19.8 Å². The maximum absolute atomic E-state index is 13.4. The second-order valence-corrected chi connectivity index (χ2v) is 8.04. The monoisotopic (exact) mass is 501 g/mol. The number of ether oxygens (including phenoxy) is 2. The van der Waals surface area contributed by atoms with E-state index in [1.807, 2.05) is 49.4 Å². The zero-order valence-electron chi connectivity index (χ0n) is 16.3. The summed E-state index contributed by atoms with van der Waals surface area (Å²) in [5.41, 5.74) is 4.88. The third-order valence-electron chi connectivity index (χ3n) is 5.25. The molecule has 1 heterocycles. The number of hydrogen-bond acceptors (Lipinski definition) is 5. The molecule has 0 aromatic heterocycles. The van der Waals surface area contributed by atoms with Crippen molar-refractivity contribution in [1.82, 2.24) is 5.32 Å². The molecule has 2 aromatic carbocycles. The van der Waals surface area contributed by atoms with Crippen LogP contribution in [0.1, 0.15) is 41.3 Å². The van der Waals surface area contributed by atoms with Crippen LogP contribution in [0.25, 0.3) is 5.70 Å². The van der Waals surface area contributed by atoms with Crippen molar-refractivity contribution in [3.63, 3.8) is 0 Å². The number of dihydropyridines is 1. The average Bonchev–Trinajstić information content (AvgIpc) is 2.99. The maximum atomic E-state index is 13.4. The van der Waals surface area contributed by atoms with Gasteiger partial charge in [-0.3, -0.25) is 4.79 Å². The zero-order valence-corrected chi connectivity index (χ0v) is 18.5. The van der Waals surface area contributed by atoms with Gasteiger partial charge in [0.1, 0.15) is 5.75 Å². The van der Waals surface area contributed by atoms with Crippen LogP contribution in [-0.4, -0.2) is 25.5 Å². The van der Waals surface area contributed by atoms with E-state index in [9.17, 15) is 9.59 Å². The summed E-state index contributed by atoms with van der Waals surface area (Å²) in [5, 5.41) is 3.30. The normalized spacial score (nSPS) is 17.7. The minimum Gasteiger partial charge on any atom is -0.496 e. The number of halogens is 1. The van der Waals surface area contributed by atoms with Crippen LogP contribution in [0, 0.1) is 3.57 Å². The highest BCUT2D eigenvalue weighted by molar-refractivity contribution is 14.1. The van der Waals surface area contributed by atoms with Gasteiger partial charge in [-0.2, -0.15) is 0 Å². The minimum absolute atomic E-state index is 0.0618. The van der Waals surface area contributed by atoms with Crippen molar-refractivity contribution in [2.75, 3.05) is 13.7 Å². The molecular formula is C23H20INO4. The van der Waals surface area contributed by atoms with Crippen molar-refractivity contribution in [3.05, 3.63) is 79.6 Å². The summed E-state index contributed by atoms with van der Waals surface area (Å²) >= 11 is 2.20. The van der Waals surface area contributed by atoms with Gasteiger partial charge in [0, 0.05) is 28.3 Å². The van der Waals surface area contributed by atoms with Gasteiger partial charge >= 0.3 is 5.97 Å². The number of Topliss-reactive ketones (excluding diaryl/α,β-unsaturated/α-hetero) is 1. The summed E-state index contributed by atoms with van der Waals surface area (Å²) in [6.45, 7) is 3.89. The third-order valence-corrected chi connectivity index (χ3v) is 6.10. The minimum atomic E-state index is -0.510. The fraction of sp³-hybridized carbons (Fsp3) is 0.217. The van der Waals surface area contributed by atoms with E-state index < -0.39 is 11.9 Å². The van der Waals surface area contributed by atoms with Gasteiger partial charge in [0.25, 0.3) is 0 Å². The first-order valence-corrected chi connectivity index (χ1v) is 10.4. The number of benzene rings is 2. The number of allylic oxidation sites excluding steroid dienone is 2. The highest BCUT2D eigenvalue weighted by atomic mass is 127. The molecule has 0 bridgehead atoms. The van der Waals surface area contributed by atoms with Crippen LogP contribution in [0.2, 0.25) is 0 Å². The molecule has 0 fully saturated rings. The molecule has 0 unspecified atom stereocenters. The molecule has 29 heavy (non-hydrogen) atoms. The van der Waals surface area contributed by atoms with Gasteiger partial charge in [0.2, 0.25) is 0 Å². The molecule has 0 amide bonds. The predicted octanol–water partition coefficient (Wildman–Crippen LogP) is 4.43. The first kappa shape index (κ1) is 19.7. The van der Waals surface area contributed by atoms with Crippen molar-refractivity contribution in [1.29, 1.82) is 0 Å². The topological polar surface area (TPSA) is 64.6 Å². The zero-order chi connectivity index (χ0) is 20.7. The molecule has 0 spiro atoms. The molecule has 1 atom stereocenters. The van der Waals surface area contributed by atoms with E-state index in [-0.39, 0.29) is 12.4 Å². The number of ketones is 1. The predicted molar refractivity (Wildman–Crippen MR) is 119 cm³/mol. The van der Waals surface area contributed by atoms with Crippen LogP contribution in [-0.2, 0) is 9.53 Å². The summed E-state index contributed by atoms with van der Waals surface area (Å²) in [7, 11) is 1.62. The van der Waals surface area contributed by atoms with Crippen LogP contribution in [0.5, 0.6) is 5.75 Å². The first-order valence-electron chi connectivity index (χ1n) is 9.34. The molecule has 6 heteroatoms. The highest BCUT2D eigenvalue weighted by Crippen LogP contribution is 2.47. The Bertz CT molecular complexity index is 1100. The lowest BCUT2D eigenvalue weighted by atomic mass is 9.80. The molecule has 5 nitrogen and oxygen atoms in total. The molecule has 1 aliphatic carbocycles. The number of carbonyl (C=O) groups excluding carboxylic acids is 2. The Morgan fingerprint density at radius 3 is 2.55 bits per heavy atom. The SMILES string of the molecule is CCOC(=O)C1=C(C)NC2=C(C(=O)c3ccccc32)[C@@H]1c1ccc(OC)c(I)c1. The highest BCUT2D eigenvalue weighted by Gasteiger charge is 2.42. The number of esters is 1. The fourth-order valence-electron chi connectivity index (χ4n) is 4.00. The van der Waals surface area contributed by atoms with Crippen molar-refractivity contribution in [3.8, 4) is 5.75 Å². The molecule has 0 saturated heterocycles. The van der Waals surface area contributed by atoms with E-state index in [0.29, 0.717) is 22.4 Å². The lowest BCUT2D eigenvalue weighted by Gasteiger charge is -2.29. The quantitative estimate of drug-likeness (QED) is 0.496. The molecular weight excluding hydrogens is 481 g/mol. The Morgan fingerprint density at radius 2 is 1.90 bits per heavy atom. The number of rotatable bonds is 4. The number of fused-ring (bicyclic) bond motifs is 2. The second-order valence-electron chi connectivity index (χ2n) is 6.87. The number of hydrogen-bond donors (Lipinski definition) is 1. The standard InChI is InChI=1S/C23H20INO4/c1-4-29-23(27)18-12(2)25-21-14-7-5-6-8-15(14)22(26)20(21)19(18)13-9-10-17(28-3)16(24)11-13/h5-11,19,25H,4H2,1-3H3/t19-/m1/s1. The summed E-state index contributed by atoms with van der Waals surface area (Å²) < 4.78 is 11.6. The van der Waals surface area contributed by atoms with E-state index in [0.717, 1.165) is 26.1 Å². The number of methoxy groups -OCH3 is 1. The van der Waals surface area contributed by atoms with E-state index in [1.165, 1.54) is 0 Å². The smallest absolute Gasteiger partial charge is 0.336 e. The van der Waals surface area contributed by atoms with Crippen molar-refractivity contribution < 1.29 is 19.1 Å². The van der Waals surface area contributed by atoms with Crippen LogP contribution in [0.3, 0.4) is 0 Å².